The highest BCUT2D eigenvalue weighted by atomic mass is 79.9. The van der Waals surface area contributed by atoms with Crippen LogP contribution in [0.15, 0.2) is 47.1 Å². The lowest BCUT2D eigenvalue weighted by atomic mass is 10.0. The van der Waals surface area contributed by atoms with Crippen LogP contribution in [-0.2, 0) is 11.3 Å². The summed E-state index contributed by atoms with van der Waals surface area (Å²) in [6.45, 7) is 9.69. The van der Waals surface area contributed by atoms with E-state index in [2.05, 4.69) is 61.4 Å². The molecule has 1 N–H and O–H groups in total. The lowest BCUT2D eigenvalue weighted by Gasteiger charge is -2.33. The van der Waals surface area contributed by atoms with Crippen LogP contribution in [0.5, 0.6) is 0 Å². The highest BCUT2D eigenvalue weighted by Crippen LogP contribution is 2.42. The molecule has 0 bridgehead atoms. The van der Waals surface area contributed by atoms with Crippen LogP contribution in [0.25, 0.3) is 27.9 Å². The Morgan fingerprint density at radius 3 is 2.67 bits per heavy atom. The average Bonchev–Trinajstić information content (AvgIpc) is 3.62. The van der Waals surface area contributed by atoms with Gasteiger partial charge in [0.05, 0.1) is 10.2 Å². The minimum Gasteiger partial charge on any atom is -0.444 e. The zero-order valence-corrected chi connectivity index (χ0v) is 25.1. The van der Waals surface area contributed by atoms with Gasteiger partial charge in [0.15, 0.2) is 0 Å². The molecule has 3 aromatic heterocycles. The normalized spacial score (nSPS) is 17.9. The van der Waals surface area contributed by atoms with Gasteiger partial charge in [0.1, 0.15) is 16.9 Å². The van der Waals surface area contributed by atoms with Crippen LogP contribution in [0.2, 0.25) is 0 Å². The number of benzene rings is 1. The third kappa shape index (κ3) is 5.23. The molecule has 4 heterocycles. The molecule has 1 aliphatic heterocycles. The number of imidazole rings is 1. The van der Waals surface area contributed by atoms with E-state index in [1.165, 1.54) is 23.7 Å². The maximum absolute atomic E-state index is 13.6. The fourth-order valence-corrected chi connectivity index (χ4v) is 6.44. The van der Waals surface area contributed by atoms with Gasteiger partial charge in [0, 0.05) is 54.0 Å². The molecular formula is C31H36BrN5O3. The fraction of sp³-hybridized carbons (Fsp3) is 0.452. The van der Waals surface area contributed by atoms with Crippen LogP contribution in [0.3, 0.4) is 0 Å². The molecule has 0 unspecified atom stereocenters. The lowest BCUT2D eigenvalue weighted by molar-refractivity contribution is 0.0452. The number of ether oxygens (including phenoxy) is 1. The molecule has 40 heavy (non-hydrogen) atoms. The largest absolute Gasteiger partial charge is 0.444 e. The predicted molar refractivity (Wildman–Crippen MR) is 160 cm³/mol. The SMILES string of the molecule is Cc1c(-c2c(Br)c3ccccc3n2CC2CC2)nc2cc(C(=O)N3CCC[C@@H](NC(=O)OC(C)(C)C)C3)ccn12. The molecule has 1 atom stereocenters. The molecule has 1 saturated heterocycles. The summed E-state index contributed by atoms with van der Waals surface area (Å²) in [6, 6.07) is 12.1. The number of alkyl carbamates (subject to hydrolysis) is 1. The summed E-state index contributed by atoms with van der Waals surface area (Å²) < 4.78 is 10.9. The van der Waals surface area contributed by atoms with Gasteiger partial charge < -0.3 is 23.9 Å². The minimum absolute atomic E-state index is 0.0515. The van der Waals surface area contributed by atoms with E-state index in [0.29, 0.717) is 24.6 Å². The molecule has 1 aliphatic carbocycles. The van der Waals surface area contributed by atoms with Crippen molar-refractivity contribution >= 4 is 44.5 Å². The number of likely N-dealkylation sites (tertiary alicyclic amines) is 1. The summed E-state index contributed by atoms with van der Waals surface area (Å²) in [5, 5.41) is 4.12. The molecule has 9 heteroatoms. The van der Waals surface area contributed by atoms with E-state index in [0.717, 1.165) is 46.6 Å². The first-order valence-electron chi connectivity index (χ1n) is 14.1. The first kappa shape index (κ1) is 26.9. The number of nitrogens with one attached hydrogen (secondary N) is 1. The number of fused-ring (bicyclic) bond motifs is 2. The zero-order valence-electron chi connectivity index (χ0n) is 23.5. The van der Waals surface area contributed by atoms with Gasteiger partial charge >= 0.3 is 6.09 Å². The second-order valence-corrected chi connectivity index (χ2v) is 13.0. The van der Waals surface area contributed by atoms with Gasteiger partial charge in [-0.3, -0.25) is 4.79 Å². The number of pyridine rings is 1. The number of carbonyl (C=O) groups excluding carboxylic acids is 2. The minimum atomic E-state index is -0.563. The van der Waals surface area contributed by atoms with Gasteiger partial charge in [-0.2, -0.15) is 0 Å². The van der Waals surface area contributed by atoms with E-state index in [1.807, 2.05) is 44.0 Å². The van der Waals surface area contributed by atoms with Crippen molar-refractivity contribution in [1.29, 1.82) is 0 Å². The Balaban J connectivity index is 1.28. The second-order valence-electron chi connectivity index (χ2n) is 12.2. The van der Waals surface area contributed by atoms with Crippen molar-refractivity contribution in [2.75, 3.05) is 13.1 Å². The maximum Gasteiger partial charge on any atom is 0.407 e. The Bertz CT molecular complexity index is 1610. The maximum atomic E-state index is 13.6. The Hall–Kier alpha value is -3.33. The number of para-hydroxylation sites is 1. The third-order valence-electron chi connectivity index (χ3n) is 7.81. The third-order valence-corrected chi connectivity index (χ3v) is 8.62. The average molecular weight is 607 g/mol. The summed E-state index contributed by atoms with van der Waals surface area (Å²) in [5.74, 6) is 0.658. The standard InChI is InChI=1S/C31H36BrN5O3/c1-19-27(28-26(32)23-9-5-6-10-24(23)37(28)17-20-11-12-20)34-25-16-21(13-15-36(19)25)29(38)35-14-7-8-22(18-35)33-30(39)40-31(2,3)4/h5-6,9-10,13,15-16,20,22H,7-8,11-12,14,17-18H2,1-4H3,(H,33,39)/t22-/m1/s1. The number of carbonyl (C=O) groups is 2. The Morgan fingerprint density at radius 1 is 1.15 bits per heavy atom. The summed E-state index contributed by atoms with van der Waals surface area (Å²) in [4.78, 5) is 32.7. The quantitative estimate of drug-likeness (QED) is 0.279. The molecule has 0 spiro atoms. The summed E-state index contributed by atoms with van der Waals surface area (Å²) in [5.41, 5.74) is 5.04. The molecular weight excluding hydrogens is 570 g/mol. The summed E-state index contributed by atoms with van der Waals surface area (Å²) in [7, 11) is 0. The zero-order chi connectivity index (χ0) is 28.2. The van der Waals surface area contributed by atoms with Crippen molar-refractivity contribution in [3.63, 3.8) is 0 Å². The van der Waals surface area contributed by atoms with Gasteiger partial charge in [-0.15, -0.1) is 0 Å². The molecule has 6 rings (SSSR count). The molecule has 2 amide bonds. The number of halogens is 1. The van der Waals surface area contributed by atoms with Crippen LogP contribution in [0, 0.1) is 12.8 Å². The van der Waals surface area contributed by atoms with E-state index < -0.39 is 11.7 Å². The Morgan fingerprint density at radius 2 is 1.93 bits per heavy atom. The molecule has 8 nitrogen and oxygen atoms in total. The van der Waals surface area contributed by atoms with Gasteiger partial charge in [0.25, 0.3) is 5.91 Å². The van der Waals surface area contributed by atoms with E-state index in [1.54, 1.807) is 0 Å². The first-order valence-corrected chi connectivity index (χ1v) is 14.9. The predicted octanol–water partition coefficient (Wildman–Crippen LogP) is 6.57. The van der Waals surface area contributed by atoms with Crippen LogP contribution >= 0.6 is 15.9 Å². The van der Waals surface area contributed by atoms with Crippen molar-refractivity contribution in [2.24, 2.45) is 5.92 Å². The van der Waals surface area contributed by atoms with Gasteiger partial charge in [0.2, 0.25) is 0 Å². The van der Waals surface area contributed by atoms with Crippen molar-refractivity contribution in [3.05, 3.63) is 58.3 Å². The van der Waals surface area contributed by atoms with Crippen molar-refractivity contribution < 1.29 is 14.3 Å². The van der Waals surface area contributed by atoms with Gasteiger partial charge in [-0.1, -0.05) is 18.2 Å². The van der Waals surface area contributed by atoms with Crippen LogP contribution < -0.4 is 5.32 Å². The molecule has 210 valence electrons. The topological polar surface area (TPSA) is 80.9 Å². The molecule has 2 aliphatic rings. The smallest absolute Gasteiger partial charge is 0.407 e. The Labute approximate surface area is 242 Å². The highest BCUT2D eigenvalue weighted by Gasteiger charge is 2.29. The first-order chi connectivity index (χ1) is 19.1. The number of hydrogen-bond donors (Lipinski definition) is 1. The molecule has 2 fully saturated rings. The fourth-order valence-electron chi connectivity index (χ4n) is 5.70. The molecule has 1 saturated carbocycles. The van der Waals surface area contributed by atoms with Crippen molar-refractivity contribution in [1.82, 2.24) is 24.2 Å². The van der Waals surface area contributed by atoms with E-state index in [-0.39, 0.29) is 11.9 Å². The number of aromatic nitrogens is 3. The van der Waals surface area contributed by atoms with E-state index in [9.17, 15) is 9.59 Å². The number of nitrogens with zero attached hydrogens (tertiary/aromatic N) is 4. The van der Waals surface area contributed by atoms with Crippen LogP contribution in [0.1, 0.15) is 62.5 Å². The van der Waals surface area contributed by atoms with Crippen molar-refractivity contribution in [2.45, 2.75) is 71.6 Å². The van der Waals surface area contributed by atoms with Crippen molar-refractivity contribution in [3.8, 4) is 11.4 Å². The number of hydrogen-bond acceptors (Lipinski definition) is 4. The summed E-state index contributed by atoms with van der Waals surface area (Å²) in [6.07, 6.45) is 5.67. The Kier molecular flexibility index (Phi) is 6.89. The van der Waals surface area contributed by atoms with Crippen LogP contribution in [-0.4, -0.2) is 55.6 Å². The lowest BCUT2D eigenvalue weighted by Crippen LogP contribution is -2.50. The van der Waals surface area contributed by atoms with Crippen LogP contribution in [0.4, 0.5) is 4.79 Å². The number of piperidine rings is 1. The molecule has 4 aromatic rings. The molecule has 1 aromatic carbocycles. The van der Waals surface area contributed by atoms with Gasteiger partial charge in [-0.25, -0.2) is 9.78 Å². The molecule has 0 radical (unpaired) electrons. The monoisotopic (exact) mass is 605 g/mol. The van der Waals surface area contributed by atoms with Gasteiger partial charge in [-0.05, 0) is 93.4 Å². The number of amides is 2. The second kappa shape index (κ2) is 10.3. The summed E-state index contributed by atoms with van der Waals surface area (Å²) >= 11 is 3.90. The number of rotatable bonds is 5. The van der Waals surface area contributed by atoms with E-state index >= 15 is 0 Å². The van der Waals surface area contributed by atoms with E-state index in [4.69, 9.17) is 9.72 Å². The number of aryl methyl sites for hydroxylation is 1. The highest BCUT2D eigenvalue weighted by molar-refractivity contribution is 9.10.